The molecule has 0 bridgehead atoms. The SMILES string of the molecule is CNCC(N)Cc1ccco1. The van der Waals surface area contributed by atoms with E-state index in [2.05, 4.69) is 5.32 Å². The molecule has 0 aliphatic rings. The summed E-state index contributed by atoms with van der Waals surface area (Å²) in [6.45, 7) is 0.820. The van der Waals surface area contributed by atoms with Crippen LogP contribution >= 0.6 is 0 Å². The highest BCUT2D eigenvalue weighted by Crippen LogP contribution is 2.01. The molecule has 1 heterocycles. The molecule has 0 fully saturated rings. The first-order chi connectivity index (χ1) is 5.33. The third kappa shape index (κ3) is 2.74. The van der Waals surface area contributed by atoms with Crippen LogP contribution in [0.4, 0.5) is 0 Å². The van der Waals surface area contributed by atoms with Crippen LogP contribution in [-0.4, -0.2) is 19.6 Å². The van der Waals surface area contributed by atoms with Gasteiger partial charge < -0.3 is 15.5 Å². The first kappa shape index (κ1) is 8.30. The minimum atomic E-state index is 0.145. The Balaban J connectivity index is 2.31. The Hall–Kier alpha value is -0.800. The van der Waals surface area contributed by atoms with Crippen molar-refractivity contribution in [1.29, 1.82) is 0 Å². The van der Waals surface area contributed by atoms with Crippen molar-refractivity contribution in [2.24, 2.45) is 5.73 Å². The van der Waals surface area contributed by atoms with Crippen LogP contribution < -0.4 is 11.1 Å². The van der Waals surface area contributed by atoms with E-state index in [4.69, 9.17) is 10.2 Å². The van der Waals surface area contributed by atoms with Crippen LogP contribution in [0.3, 0.4) is 0 Å². The summed E-state index contributed by atoms with van der Waals surface area (Å²) >= 11 is 0. The molecule has 1 aromatic heterocycles. The maximum atomic E-state index is 5.75. The van der Waals surface area contributed by atoms with Crippen LogP contribution in [0.5, 0.6) is 0 Å². The molecule has 62 valence electrons. The monoisotopic (exact) mass is 154 g/mol. The fraction of sp³-hybridized carbons (Fsp3) is 0.500. The van der Waals surface area contributed by atoms with E-state index >= 15 is 0 Å². The highest BCUT2D eigenvalue weighted by Gasteiger charge is 2.03. The molecule has 3 N–H and O–H groups in total. The lowest BCUT2D eigenvalue weighted by Crippen LogP contribution is -2.33. The molecular formula is C8H14N2O. The molecule has 1 atom stereocenters. The Morgan fingerprint density at radius 1 is 1.73 bits per heavy atom. The second kappa shape index (κ2) is 4.16. The third-order valence-electron chi connectivity index (χ3n) is 1.51. The zero-order valence-electron chi connectivity index (χ0n) is 6.71. The predicted octanol–water partition coefficient (Wildman–Crippen LogP) is 0.369. The average molecular weight is 154 g/mol. The normalized spacial score (nSPS) is 13.3. The van der Waals surface area contributed by atoms with E-state index in [1.165, 1.54) is 0 Å². The first-order valence-electron chi connectivity index (χ1n) is 3.75. The third-order valence-corrected chi connectivity index (χ3v) is 1.51. The lowest BCUT2D eigenvalue weighted by molar-refractivity contribution is 0.478. The van der Waals surface area contributed by atoms with Crippen LogP contribution in [0.25, 0.3) is 0 Å². The number of likely N-dealkylation sites (N-methyl/N-ethyl adjacent to an activating group) is 1. The van der Waals surface area contributed by atoms with Crippen LogP contribution in [-0.2, 0) is 6.42 Å². The minimum Gasteiger partial charge on any atom is -0.469 e. The Morgan fingerprint density at radius 2 is 2.55 bits per heavy atom. The molecule has 0 aliphatic heterocycles. The zero-order chi connectivity index (χ0) is 8.10. The van der Waals surface area contributed by atoms with Crippen LogP contribution in [0.2, 0.25) is 0 Å². The van der Waals surface area contributed by atoms with Gasteiger partial charge in [-0.25, -0.2) is 0 Å². The van der Waals surface area contributed by atoms with Gasteiger partial charge in [0.25, 0.3) is 0 Å². The van der Waals surface area contributed by atoms with Gasteiger partial charge in [0.05, 0.1) is 6.26 Å². The summed E-state index contributed by atoms with van der Waals surface area (Å²) in [6, 6.07) is 3.96. The van der Waals surface area contributed by atoms with Gasteiger partial charge in [-0.3, -0.25) is 0 Å². The number of nitrogens with two attached hydrogens (primary N) is 1. The molecule has 0 aromatic carbocycles. The highest BCUT2D eigenvalue weighted by atomic mass is 16.3. The molecular weight excluding hydrogens is 140 g/mol. The van der Waals surface area contributed by atoms with Gasteiger partial charge in [-0.1, -0.05) is 0 Å². The minimum absolute atomic E-state index is 0.145. The van der Waals surface area contributed by atoms with Gasteiger partial charge in [-0.05, 0) is 19.2 Å². The van der Waals surface area contributed by atoms with E-state index in [0.29, 0.717) is 0 Å². The maximum absolute atomic E-state index is 5.75. The summed E-state index contributed by atoms with van der Waals surface area (Å²) in [5, 5.41) is 3.01. The summed E-state index contributed by atoms with van der Waals surface area (Å²) in [4.78, 5) is 0. The van der Waals surface area contributed by atoms with Gasteiger partial charge >= 0.3 is 0 Å². The van der Waals surface area contributed by atoms with E-state index in [-0.39, 0.29) is 6.04 Å². The van der Waals surface area contributed by atoms with Crippen molar-refractivity contribution in [2.45, 2.75) is 12.5 Å². The van der Waals surface area contributed by atoms with Crippen molar-refractivity contribution >= 4 is 0 Å². The number of rotatable bonds is 4. The topological polar surface area (TPSA) is 51.2 Å². The molecule has 3 heteroatoms. The summed E-state index contributed by atoms with van der Waals surface area (Å²) in [6.07, 6.45) is 2.47. The molecule has 0 saturated carbocycles. The van der Waals surface area contributed by atoms with Crippen LogP contribution in [0, 0.1) is 0 Å². The molecule has 0 saturated heterocycles. The van der Waals surface area contributed by atoms with Gasteiger partial charge in [0.2, 0.25) is 0 Å². The van der Waals surface area contributed by atoms with E-state index in [0.717, 1.165) is 18.7 Å². The summed E-state index contributed by atoms with van der Waals surface area (Å²) in [5.74, 6) is 0.952. The molecule has 1 rings (SSSR count). The van der Waals surface area contributed by atoms with Crippen molar-refractivity contribution in [3.8, 4) is 0 Å². The number of hydrogen-bond acceptors (Lipinski definition) is 3. The lowest BCUT2D eigenvalue weighted by Gasteiger charge is -2.07. The Morgan fingerprint density at radius 3 is 3.09 bits per heavy atom. The predicted molar refractivity (Wildman–Crippen MR) is 44.3 cm³/mol. The molecule has 1 aromatic rings. The molecule has 0 radical (unpaired) electrons. The molecule has 3 nitrogen and oxygen atoms in total. The first-order valence-corrected chi connectivity index (χ1v) is 3.75. The quantitative estimate of drug-likeness (QED) is 0.658. The van der Waals surface area contributed by atoms with Gasteiger partial charge in [0.1, 0.15) is 5.76 Å². The lowest BCUT2D eigenvalue weighted by atomic mass is 10.2. The summed E-state index contributed by atoms with van der Waals surface area (Å²) in [5.41, 5.74) is 5.75. The van der Waals surface area contributed by atoms with Gasteiger partial charge in [0.15, 0.2) is 0 Å². The number of furan rings is 1. The fourth-order valence-electron chi connectivity index (χ4n) is 1.02. The summed E-state index contributed by atoms with van der Waals surface area (Å²) < 4.78 is 5.14. The standard InChI is InChI=1S/C8H14N2O/c1-10-6-7(9)5-8-3-2-4-11-8/h2-4,7,10H,5-6,9H2,1H3. The van der Waals surface area contributed by atoms with Crippen molar-refractivity contribution in [2.75, 3.05) is 13.6 Å². The fourth-order valence-corrected chi connectivity index (χ4v) is 1.02. The van der Waals surface area contributed by atoms with Crippen molar-refractivity contribution in [3.05, 3.63) is 24.2 Å². The Labute approximate surface area is 66.6 Å². The Kier molecular flexibility index (Phi) is 3.14. The second-order valence-electron chi connectivity index (χ2n) is 2.60. The smallest absolute Gasteiger partial charge is 0.105 e. The average Bonchev–Trinajstić information content (AvgIpc) is 2.40. The van der Waals surface area contributed by atoms with E-state index in [9.17, 15) is 0 Å². The van der Waals surface area contributed by atoms with Crippen molar-refractivity contribution in [3.63, 3.8) is 0 Å². The zero-order valence-corrected chi connectivity index (χ0v) is 6.71. The van der Waals surface area contributed by atoms with Gasteiger partial charge in [-0.15, -0.1) is 0 Å². The maximum Gasteiger partial charge on any atom is 0.105 e. The largest absolute Gasteiger partial charge is 0.469 e. The molecule has 0 aliphatic carbocycles. The van der Waals surface area contributed by atoms with Gasteiger partial charge in [0, 0.05) is 19.0 Å². The van der Waals surface area contributed by atoms with Gasteiger partial charge in [-0.2, -0.15) is 0 Å². The van der Waals surface area contributed by atoms with Crippen LogP contribution in [0.1, 0.15) is 5.76 Å². The summed E-state index contributed by atoms with van der Waals surface area (Å²) in [7, 11) is 1.89. The van der Waals surface area contributed by atoms with Crippen molar-refractivity contribution < 1.29 is 4.42 Å². The molecule has 1 unspecified atom stereocenters. The molecule has 0 amide bonds. The molecule has 11 heavy (non-hydrogen) atoms. The Bertz CT molecular complexity index is 184. The second-order valence-corrected chi connectivity index (χ2v) is 2.60. The van der Waals surface area contributed by atoms with E-state index in [1.54, 1.807) is 6.26 Å². The molecule has 0 spiro atoms. The van der Waals surface area contributed by atoms with Crippen LogP contribution in [0.15, 0.2) is 22.8 Å². The van der Waals surface area contributed by atoms with E-state index in [1.807, 2.05) is 19.2 Å². The number of nitrogens with one attached hydrogen (secondary N) is 1. The number of hydrogen-bond donors (Lipinski definition) is 2. The van der Waals surface area contributed by atoms with Crippen molar-refractivity contribution in [1.82, 2.24) is 5.32 Å². The van der Waals surface area contributed by atoms with E-state index < -0.39 is 0 Å². The highest BCUT2D eigenvalue weighted by molar-refractivity contribution is 5.00.